The minimum atomic E-state index is -0.313. The Labute approximate surface area is 144 Å². The standard InChI is InChI=1S/C18H28ClN3O/c1-18(2,3)12-16(13-4-6-14(19)7-5-13)21-15-8-10-22(11-9-15)17(20)23/h4-7,15-16,21H,8-12H2,1-3H3,(H2,20,23). The quantitative estimate of drug-likeness (QED) is 0.874. The highest BCUT2D eigenvalue weighted by Gasteiger charge is 2.26. The van der Waals surface area contributed by atoms with E-state index in [9.17, 15) is 4.79 Å². The van der Waals surface area contributed by atoms with E-state index >= 15 is 0 Å². The number of nitrogens with zero attached hydrogens (tertiary/aromatic N) is 1. The number of nitrogens with one attached hydrogen (secondary N) is 1. The van der Waals surface area contributed by atoms with Gasteiger partial charge in [0, 0.05) is 30.2 Å². The first kappa shape index (κ1) is 18.1. The number of hydrogen-bond donors (Lipinski definition) is 2. The third kappa shape index (κ3) is 5.70. The molecule has 0 aliphatic carbocycles. The summed E-state index contributed by atoms with van der Waals surface area (Å²) in [6.07, 6.45) is 2.93. The molecule has 2 rings (SSSR count). The molecule has 1 fully saturated rings. The molecule has 1 aliphatic rings. The van der Waals surface area contributed by atoms with Gasteiger partial charge in [0.15, 0.2) is 0 Å². The van der Waals surface area contributed by atoms with Gasteiger partial charge in [0.1, 0.15) is 0 Å². The summed E-state index contributed by atoms with van der Waals surface area (Å²) < 4.78 is 0. The van der Waals surface area contributed by atoms with E-state index in [4.69, 9.17) is 17.3 Å². The van der Waals surface area contributed by atoms with Crippen molar-refractivity contribution in [2.45, 2.75) is 52.1 Å². The predicted molar refractivity (Wildman–Crippen MR) is 95.6 cm³/mol. The number of piperidine rings is 1. The molecule has 23 heavy (non-hydrogen) atoms. The fraction of sp³-hybridized carbons (Fsp3) is 0.611. The normalized spacial score (nSPS) is 18.0. The summed E-state index contributed by atoms with van der Waals surface area (Å²) in [5.74, 6) is 0. The van der Waals surface area contributed by atoms with Crippen molar-refractivity contribution >= 4 is 17.6 Å². The van der Waals surface area contributed by atoms with Crippen molar-refractivity contribution in [2.75, 3.05) is 13.1 Å². The van der Waals surface area contributed by atoms with E-state index in [0.717, 1.165) is 37.4 Å². The molecule has 2 amide bonds. The third-order valence-corrected chi connectivity index (χ3v) is 4.58. The maximum absolute atomic E-state index is 11.2. The van der Waals surface area contributed by atoms with Gasteiger partial charge in [-0.1, -0.05) is 44.5 Å². The van der Waals surface area contributed by atoms with Crippen molar-refractivity contribution in [1.82, 2.24) is 10.2 Å². The van der Waals surface area contributed by atoms with Gasteiger partial charge in [0.2, 0.25) is 0 Å². The summed E-state index contributed by atoms with van der Waals surface area (Å²) in [6, 6.07) is 8.49. The predicted octanol–water partition coefficient (Wildman–Crippen LogP) is 3.95. The number of carbonyl (C=O) groups excluding carboxylic acids is 1. The number of benzene rings is 1. The highest BCUT2D eigenvalue weighted by Crippen LogP contribution is 2.31. The largest absolute Gasteiger partial charge is 0.351 e. The lowest BCUT2D eigenvalue weighted by Gasteiger charge is -2.35. The van der Waals surface area contributed by atoms with Gasteiger partial charge in [-0.3, -0.25) is 0 Å². The Hall–Kier alpha value is -1.26. The van der Waals surface area contributed by atoms with Crippen molar-refractivity contribution in [3.8, 4) is 0 Å². The van der Waals surface area contributed by atoms with Crippen LogP contribution >= 0.6 is 11.6 Å². The molecule has 3 N–H and O–H groups in total. The molecule has 1 saturated heterocycles. The van der Waals surface area contributed by atoms with E-state index < -0.39 is 0 Å². The second-order valence-corrected chi connectivity index (χ2v) is 8.07. The number of rotatable bonds is 4. The fourth-order valence-electron chi connectivity index (χ4n) is 3.13. The summed E-state index contributed by atoms with van der Waals surface area (Å²) in [7, 11) is 0. The Bertz CT molecular complexity index is 516. The molecule has 128 valence electrons. The number of carbonyl (C=O) groups is 1. The van der Waals surface area contributed by atoms with Crippen molar-refractivity contribution in [2.24, 2.45) is 11.1 Å². The average molecular weight is 338 g/mol. The van der Waals surface area contributed by atoms with Gasteiger partial charge in [0.25, 0.3) is 0 Å². The van der Waals surface area contributed by atoms with Crippen LogP contribution in [0.5, 0.6) is 0 Å². The van der Waals surface area contributed by atoms with Crippen LogP contribution in [0.3, 0.4) is 0 Å². The first-order valence-corrected chi connectivity index (χ1v) is 8.68. The third-order valence-electron chi connectivity index (χ3n) is 4.33. The molecule has 1 aromatic carbocycles. The maximum Gasteiger partial charge on any atom is 0.314 e. The number of amides is 2. The molecular formula is C18H28ClN3O. The molecular weight excluding hydrogens is 310 g/mol. The van der Waals surface area contributed by atoms with E-state index in [1.165, 1.54) is 5.56 Å². The minimum absolute atomic E-state index is 0.227. The van der Waals surface area contributed by atoms with E-state index in [-0.39, 0.29) is 17.5 Å². The van der Waals surface area contributed by atoms with Crippen molar-refractivity contribution in [1.29, 1.82) is 0 Å². The Morgan fingerprint density at radius 2 is 1.87 bits per heavy atom. The zero-order chi connectivity index (χ0) is 17.0. The number of primary amides is 1. The van der Waals surface area contributed by atoms with Crippen molar-refractivity contribution in [3.63, 3.8) is 0 Å². The van der Waals surface area contributed by atoms with E-state index in [1.54, 1.807) is 4.90 Å². The van der Waals surface area contributed by atoms with Gasteiger partial charge < -0.3 is 16.0 Å². The summed E-state index contributed by atoms with van der Waals surface area (Å²) >= 11 is 6.02. The second kappa shape index (κ2) is 7.54. The van der Waals surface area contributed by atoms with Crippen molar-refractivity contribution < 1.29 is 4.79 Å². The molecule has 1 atom stereocenters. The molecule has 0 spiro atoms. The number of nitrogens with two attached hydrogens (primary N) is 1. The Balaban J connectivity index is 2.03. The smallest absolute Gasteiger partial charge is 0.314 e. The van der Waals surface area contributed by atoms with Gasteiger partial charge >= 0.3 is 6.03 Å². The average Bonchev–Trinajstić information content (AvgIpc) is 2.46. The molecule has 1 unspecified atom stereocenters. The summed E-state index contributed by atoms with van der Waals surface area (Å²) in [5, 5.41) is 4.55. The molecule has 5 heteroatoms. The van der Waals surface area contributed by atoms with Crippen LogP contribution in [0.2, 0.25) is 5.02 Å². The van der Waals surface area contributed by atoms with Crippen molar-refractivity contribution in [3.05, 3.63) is 34.9 Å². The van der Waals surface area contributed by atoms with Crippen LogP contribution in [-0.2, 0) is 0 Å². The van der Waals surface area contributed by atoms with E-state index in [1.807, 2.05) is 12.1 Å². The molecule has 1 aliphatic heterocycles. The van der Waals surface area contributed by atoms with E-state index in [2.05, 4.69) is 38.2 Å². The van der Waals surface area contributed by atoms with Crippen LogP contribution in [0.1, 0.15) is 51.6 Å². The first-order chi connectivity index (χ1) is 10.7. The summed E-state index contributed by atoms with van der Waals surface area (Å²) in [5.41, 5.74) is 6.85. The number of urea groups is 1. The number of likely N-dealkylation sites (tertiary alicyclic amines) is 1. The lowest BCUT2D eigenvalue weighted by Crippen LogP contribution is -2.47. The van der Waals surface area contributed by atoms with Crippen LogP contribution in [0.4, 0.5) is 4.79 Å². The molecule has 0 radical (unpaired) electrons. The van der Waals surface area contributed by atoms with Gasteiger partial charge in [-0.2, -0.15) is 0 Å². The van der Waals surface area contributed by atoms with Crippen LogP contribution < -0.4 is 11.1 Å². The minimum Gasteiger partial charge on any atom is -0.351 e. The lowest BCUT2D eigenvalue weighted by molar-refractivity contribution is 0.178. The van der Waals surface area contributed by atoms with Gasteiger partial charge in [0.05, 0.1) is 0 Å². The topological polar surface area (TPSA) is 58.4 Å². The summed E-state index contributed by atoms with van der Waals surface area (Å²) in [4.78, 5) is 13.0. The van der Waals surface area contributed by atoms with Crippen LogP contribution in [0.15, 0.2) is 24.3 Å². The highest BCUT2D eigenvalue weighted by molar-refractivity contribution is 6.30. The molecule has 4 nitrogen and oxygen atoms in total. The number of hydrogen-bond acceptors (Lipinski definition) is 2. The van der Waals surface area contributed by atoms with Crippen LogP contribution in [0.25, 0.3) is 0 Å². The Morgan fingerprint density at radius 1 is 1.30 bits per heavy atom. The Kier molecular flexibility index (Phi) is 5.93. The fourth-order valence-corrected chi connectivity index (χ4v) is 3.26. The zero-order valence-corrected chi connectivity index (χ0v) is 15.1. The SMILES string of the molecule is CC(C)(C)CC(NC1CCN(C(N)=O)CC1)c1ccc(Cl)cc1. The van der Waals surface area contributed by atoms with E-state index in [0.29, 0.717) is 6.04 Å². The van der Waals surface area contributed by atoms with Gasteiger partial charge in [-0.25, -0.2) is 4.79 Å². The Morgan fingerprint density at radius 3 is 2.35 bits per heavy atom. The molecule has 0 saturated carbocycles. The monoisotopic (exact) mass is 337 g/mol. The molecule has 0 aromatic heterocycles. The maximum atomic E-state index is 11.2. The lowest BCUT2D eigenvalue weighted by atomic mass is 9.84. The van der Waals surface area contributed by atoms with Gasteiger partial charge in [-0.05, 0) is 42.4 Å². The zero-order valence-electron chi connectivity index (χ0n) is 14.3. The molecule has 1 aromatic rings. The molecule has 1 heterocycles. The van der Waals surface area contributed by atoms with Crippen LogP contribution in [-0.4, -0.2) is 30.1 Å². The number of halogens is 1. The summed E-state index contributed by atoms with van der Waals surface area (Å²) in [6.45, 7) is 8.24. The highest BCUT2D eigenvalue weighted by atomic mass is 35.5. The second-order valence-electron chi connectivity index (χ2n) is 7.64. The first-order valence-electron chi connectivity index (χ1n) is 8.30. The van der Waals surface area contributed by atoms with Gasteiger partial charge in [-0.15, -0.1) is 0 Å². The van der Waals surface area contributed by atoms with Crippen LogP contribution in [0, 0.1) is 5.41 Å². The molecule has 0 bridgehead atoms.